The van der Waals surface area contributed by atoms with Crippen LogP contribution in [0.25, 0.3) is 11.6 Å². The number of aliphatic carboxylic acids is 1. The fourth-order valence-electron chi connectivity index (χ4n) is 3.79. The van der Waals surface area contributed by atoms with Crippen LogP contribution in [0.15, 0.2) is 54.6 Å². The molecule has 0 fully saturated rings. The Labute approximate surface area is 207 Å². The third-order valence-corrected chi connectivity index (χ3v) is 6.68. The van der Waals surface area contributed by atoms with Crippen molar-refractivity contribution in [2.75, 3.05) is 0 Å². The van der Waals surface area contributed by atoms with Crippen LogP contribution in [0.2, 0.25) is 0 Å². The number of hydrogen-bond donors (Lipinski definition) is 3. The Hall–Kier alpha value is -3.79. The Kier molecular flexibility index (Phi) is 7.85. The summed E-state index contributed by atoms with van der Waals surface area (Å²) in [4.78, 5) is 45.5. The van der Waals surface area contributed by atoms with Gasteiger partial charge >= 0.3 is 5.97 Å². The second-order valence-corrected chi connectivity index (χ2v) is 10.1. The van der Waals surface area contributed by atoms with Gasteiger partial charge in [-0.05, 0) is 35.6 Å². The molecule has 0 aliphatic carbocycles. The fraction of sp³-hybridized carbons (Fsp3) is 0.320. The molecule has 0 aliphatic rings. The molecule has 1 atom stereocenters. The number of nitrogens with zero attached hydrogens (tertiary/aromatic N) is 3. The number of primary amides is 1. The number of hydrogen-bond acceptors (Lipinski definition) is 6. The molecule has 10 heteroatoms. The highest BCUT2D eigenvalue weighted by molar-refractivity contribution is 7.10. The number of allylic oxidation sites excluding steroid dienone is 1. The number of carbonyl (C=O) groups excluding carboxylic acids is 2. The van der Waals surface area contributed by atoms with E-state index in [0.717, 1.165) is 16.1 Å². The number of amides is 2. The van der Waals surface area contributed by atoms with Crippen molar-refractivity contribution in [1.82, 2.24) is 19.9 Å². The van der Waals surface area contributed by atoms with Crippen LogP contribution in [0.3, 0.4) is 0 Å². The number of carbonyl (C=O) groups is 3. The molecule has 1 aromatic carbocycles. The van der Waals surface area contributed by atoms with E-state index >= 15 is 0 Å². The van der Waals surface area contributed by atoms with Gasteiger partial charge in [0.2, 0.25) is 5.91 Å². The van der Waals surface area contributed by atoms with E-state index in [0.29, 0.717) is 12.1 Å². The van der Waals surface area contributed by atoms with E-state index in [9.17, 15) is 19.5 Å². The molecule has 0 saturated carbocycles. The van der Waals surface area contributed by atoms with E-state index in [1.54, 1.807) is 57.7 Å². The van der Waals surface area contributed by atoms with Crippen molar-refractivity contribution in [1.29, 1.82) is 0 Å². The van der Waals surface area contributed by atoms with Gasteiger partial charge in [0.1, 0.15) is 10.5 Å². The largest absolute Gasteiger partial charge is 0.479 e. The quantitative estimate of drug-likeness (QED) is 0.394. The summed E-state index contributed by atoms with van der Waals surface area (Å²) in [5, 5.41) is 15.5. The molecule has 2 amide bonds. The molecule has 0 aliphatic heterocycles. The predicted molar refractivity (Wildman–Crippen MR) is 134 cm³/mol. The van der Waals surface area contributed by atoms with E-state index in [1.807, 2.05) is 28.3 Å². The lowest BCUT2D eigenvalue weighted by molar-refractivity contribution is -0.150. The predicted octanol–water partition coefficient (Wildman–Crippen LogP) is 3.45. The molecule has 2 heterocycles. The van der Waals surface area contributed by atoms with Gasteiger partial charge in [-0.1, -0.05) is 32.9 Å². The molecule has 3 aromatic rings. The minimum atomic E-state index is -1.68. The molecule has 0 radical (unpaired) electrons. The number of benzene rings is 1. The zero-order valence-corrected chi connectivity index (χ0v) is 20.7. The normalized spacial score (nSPS) is 13.7. The van der Waals surface area contributed by atoms with Gasteiger partial charge < -0.3 is 20.7 Å². The van der Waals surface area contributed by atoms with Crippen molar-refractivity contribution >= 4 is 40.8 Å². The van der Waals surface area contributed by atoms with Crippen LogP contribution in [0.1, 0.15) is 54.5 Å². The first-order chi connectivity index (χ1) is 16.5. The lowest BCUT2D eigenvalue weighted by Crippen LogP contribution is -2.62. The summed E-state index contributed by atoms with van der Waals surface area (Å²) in [5.41, 5.74) is 4.71. The maximum atomic E-state index is 13.2. The monoisotopic (exact) mass is 495 g/mol. The van der Waals surface area contributed by atoms with Crippen LogP contribution in [0.5, 0.6) is 0 Å². The number of nitrogens with two attached hydrogens (primary N) is 1. The molecule has 0 saturated heterocycles. The second-order valence-electron chi connectivity index (χ2n) is 9.25. The highest BCUT2D eigenvalue weighted by Crippen LogP contribution is 2.35. The molecule has 35 heavy (non-hydrogen) atoms. The second kappa shape index (κ2) is 10.6. The summed E-state index contributed by atoms with van der Waals surface area (Å²) < 4.78 is 1.92. The highest BCUT2D eigenvalue weighted by atomic mass is 32.1. The minimum Gasteiger partial charge on any atom is -0.479 e. The first-order valence-electron chi connectivity index (χ1n) is 11.0. The number of rotatable bonds is 10. The SMILES string of the molecule is CC(C)(C)[C@](CCC(N)=O)(NC(=O)c1cccc(C=C(Cn2ccnc2)c2nccs2)c1)C(=O)O. The topological polar surface area (TPSA) is 140 Å². The highest BCUT2D eigenvalue weighted by Gasteiger charge is 2.50. The fourth-order valence-corrected chi connectivity index (χ4v) is 4.43. The summed E-state index contributed by atoms with van der Waals surface area (Å²) in [6.07, 6.45) is 8.66. The molecular weight excluding hydrogens is 466 g/mol. The summed E-state index contributed by atoms with van der Waals surface area (Å²) in [6.45, 7) is 5.66. The molecule has 2 aromatic heterocycles. The maximum Gasteiger partial charge on any atom is 0.329 e. The van der Waals surface area contributed by atoms with Gasteiger partial charge in [0.05, 0.1) is 12.9 Å². The van der Waals surface area contributed by atoms with E-state index in [1.165, 1.54) is 11.3 Å². The van der Waals surface area contributed by atoms with Gasteiger partial charge in [-0.15, -0.1) is 11.3 Å². The lowest BCUT2D eigenvalue weighted by atomic mass is 9.70. The number of nitrogens with one attached hydrogen (secondary N) is 1. The van der Waals surface area contributed by atoms with Crippen LogP contribution in [0.4, 0.5) is 0 Å². The van der Waals surface area contributed by atoms with Gasteiger partial charge in [0.25, 0.3) is 5.91 Å². The number of carboxylic acid groups (broad SMARTS) is 1. The third kappa shape index (κ3) is 6.21. The summed E-state index contributed by atoms with van der Waals surface area (Å²) in [7, 11) is 0. The van der Waals surface area contributed by atoms with E-state index < -0.39 is 28.7 Å². The molecule has 0 unspecified atom stereocenters. The van der Waals surface area contributed by atoms with Gasteiger partial charge in [0, 0.05) is 41.5 Å². The van der Waals surface area contributed by atoms with Crippen LogP contribution in [-0.2, 0) is 16.1 Å². The first kappa shape index (κ1) is 25.8. The van der Waals surface area contributed by atoms with Crippen molar-refractivity contribution in [3.63, 3.8) is 0 Å². The van der Waals surface area contributed by atoms with E-state index in [2.05, 4.69) is 15.3 Å². The Morgan fingerprint density at radius 1 is 1.23 bits per heavy atom. The molecule has 9 nitrogen and oxygen atoms in total. The Balaban J connectivity index is 1.93. The van der Waals surface area contributed by atoms with Crippen molar-refractivity contribution in [2.24, 2.45) is 11.1 Å². The Morgan fingerprint density at radius 2 is 2.00 bits per heavy atom. The Morgan fingerprint density at radius 3 is 2.57 bits per heavy atom. The van der Waals surface area contributed by atoms with Crippen molar-refractivity contribution in [2.45, 2.75) is 45.7 Å². The van der Waals surface area contributed by atoms with Crippen molar-refractivity contribution in [3.8, 4) is 0 Å². The molecule has 0 spiro atoms. The van der Waals surface area contributed by atoms with Gasteiger partial charge in [-0.25, -0.2) is 14.8 Å². The molecule has 3 rings (SSSR count). The number of carboxylic acids is 1. The standard InChI is InChI=1S/C25H29N5O4S/c1-24(2,3)25(23(33)34,8-7-20(26)31)29-21(32)18-6-4-5-17(13-18)14-19(22-28-10-12-35-22)15-30-11-9-27-16-30/h4-6,9-14,16H,7-8,15H2,1-3H3,(H2,26,31)(H,29,32)(H,33,34)/t25-/m1/s1. The first-order valence-corrected chi connectivity index (χ1v) is 11.9. The molecule has 184 valence electrons. The zero-order chi connectivity index (χ0) is 25.6. The number of imidazole rings is 1. The van der Waals surface area contributed by atoms with Crippen molar-refractivity contribution < 1.29 is 19.5 Å². The minimum absolute atomic E-state index is 0.119. The summed E-state index contributed by atoms with van der Waals surface area (Å²) >= 11 is 1.51. The van der Waals surface area contributed by atoms with Crippen LogP contribution >= 0.6 is 11.3 Å². The Bertz CT molecular complexity index is 1210. The van der Waals surface area contributed by atoms with E-state index in [-0.39, 0.29) is 12.8 Å². The van der Waals surface area contributed by atoms with Gasteiger partial charge in [-0.3, -0.25) is 9.59 Å². The number of aromatic nitrogens is 3. The molecule has 0 bridgehead atoms. The van der Waals surface area contributed by atoms with Crippen LogP contribution in [0, 0.1) is 5.41 Å². The van der Waals surface area contributed by atoms with Crippen molar-refractivity contribution in [3.05, 3.63) is 70.7 Å². The lowest BCUT2D eigenvalue weighted by Gasteiger charge is -2.41. The van der Waals surface area contributed by atoms with Gasteiger partial charge in [-0.2, -0.15) is 0 Å². The summed E-state index contributed by atoms with van der Waals surface area (Å²) in [6, 6.07) is 6.91. The smallest absolute Gasteiger partial charge is 0.329 e. The van der Waals surface area contributed by atoms with Crippen LogP contribution in [-0.4, -0.2) is 43.0 Å². The third-order valence-electron chi connectivity index (χ3n) is 5.83. The molecule has 4 N–H and O–H groups in total. The van der Waals surface area contributed by atoms with Gasteiger partial charge in [0.15, 0.2) is 0 Å². The number of thiazole rings is 1. The molecular formula is C25H29N5O4S. The summed E-state index contributed by atoms with van der Waals surface area (Å²) in [5.74, 6) is -2.40. The zero-order valence-electron chi connectivity index (χ0n) is 19.9. The average molecular weight is 496 g/mol. The van der Waals surface area contributed by atoms with E-state index in [4.69, 9.17) is 5.73 Å². The maximum absolute atomic E-state index is 13.2. The average Bonchev–Trinajstić information content (AvgIpc) is 3.49. The van der Waals surface area contributed by atoms with Crippen LogP contribution < -0.4 is 11.1 Å².